The molecular weight excluding hydrogens is 442 g/mol. The number of benzene rings is 3. The van der Waals surface area contributed by atoms with Crippen molar-refractivity contribution in [2.45, 2.75) is 38.1 Å². The Kier molecular flexibility index (Phi) is 8.25. The summed E-state index contributed by atoms with van der Waals surface area (Å²) in [6.45, 7) is 4.55. The summed E-state index contributed by atoms with van der Waals surface area (Å²) in [7, 11) is -3.26. The van der Waals surface area contributed by atoms with E-state index >= 15 is 0 Å². The minimum Gasteiger partial charge on any atom is -0.371 e. The van der Waals surface area contributed by atoms with Gasteiger partial charge in [-0.25, -0.2) is 8.42 Å². The lowest BCUT2D eigenvalue weighted by Gasteiger charge is -2.34. The number of nitrogens with one attached hydrogen (secondary N) is 2. The largest absolute Gasteiger partial charge is 0.371 e. The Morgan fingerprint density at radius 1 is 0.882 bits per heavy atom. The van der Waals surface area contributed by atoms with Crippen LogP contribution in [-0.2, 0) is 10.0 Å². The van der Waals surface area contributed by atoms with Gasteiger partial charge in [-0.05, 0) is 62.1 Å². The number of rotatable bonds is 10. The molecule has 0 saturated carbocycles. The number of anilines is 2. The van der Waals surface area contributed by atoms with Crippen molar-refractivity contribution in [1.29, 1.82) is 0 Å². The Balaban J connectivity index is 1.30. The van der Waals surface area contributed by atoms with Crippen molar-refractivity contribution in [3.8, 4) is 0 Å². The number of hydrogen-bond donors (Lipinski definition) is 2. The van der Waals surface area contributed by atoms with Crippen LogP contribution in [0.25, 0.3) is 0 Å². The van der Waals surface area contributed by atoms with Gasteiger partial charge >= 0.3 is 0 Å². The van der Waals surface area contributed by atoms with Crippen LogP contribution >= 0.6 is 0 Å². The summed E-state index contributed by atoms with van der Waals surface area (Å²) in [6.07, 6.45) is 3.21. The second kappa shape index (κ2) is 11.5. The molecule has 1 heterocycles. The predicted octanol–water partition coefficient (Wildman–Crippen LogP) is 5.23. The van der Waals surface area contributed by atoms with E-state index in [1.54, 1.807) is 13.0 Å². The van der Waals surface area contributed by atoms with Gasteiger partial charge in [0.05, 0.1) is 11.4 Å². The quantitative estimate of drug-likeness (QED) is 0.420. The molecule has 0 amide bonds. The standard InChI is InChI=1S/C28H35N3O2S/c1-2-34(32,33)30-26-14-9-15-27(22-26)31-20-17-25(18-21-31)29-19-16-28(23-10-5-3-6-11-23)24-12-7-4-8-13-24/h3-15,22,25,28-30H,2,16-21H2,1H3. The molecule has 0 aromatic heterocycles. The van der Waals surface area contributed by atoms with E-state index in [-0.39, 0.29) is 5.75 Å². The summed E-state index contributed by atoms with van der Waals surface area (Å²) in [6, 6.07) is 29.8. The van der Waals surface area contributed by atoms with Gasteiger partial charge in [-0.1, -0.05) is 66.7 Å². The molecule has 0 radical (unpaired) electrons. The van der Waals surface area contributed by atoms with Crippen molar-refractivity contribution in [2.24, 2.45) is 0 Å². The maximum Gasteiger partial charge on any atom is 0.232 e. The Hall–Kier alpha value is -2.83. The molecule has 0 unspecified atom stereocenters. The van der Waals surface area contributed by atoms with E-state index in [2.05, 4.69) is 81.7 Å². The van der Waals surface area contributed by atoms with Gasteiger partial charge in [-0.3, -0.25) is 4.72 Å². The molecular formula is C28H35N3O2S. The van der Waals surface area contributed by atoms with Crippen LogP contribution in [0.15, 0.2) is 84.9 Å². The first kappa shape index (κ1) is 24.3. The Labute approximate surface area is 204 Å². The smallest absolute Gasteiger partial charge is 0.232 e. The molecule has 34 heavy (non-hydrogen) atoms. The topological polar surface area (TPSA) is 61.4 Å². The highest BCUT2D eigenvalue weighted by Gasteiger charge is 2.21. The second-order valence-electron chi connectivity index (χ2n) is 8.93. The van der Waals surface area contributed by atoms with Crippen LogP contribution in [0.2, 0.25) is 0 Å². The third kappa shape index (κ3) is 6.61. The minimum atomic E-state index is -3.26. The van der Waals surface area contributed by atoms with Gasteiger partial charge in [0.1, 0.15) is 0 Å². The van der Waals surface area contributed by atoms with Crippen LogP contribution in [0, 0.1) is 0 Å². The molecule has 1 fully saturated rings. The van der Waals surface area contributed by atoms with Crippen molar-refractivity contribution < 1.29 is 8.42 Å². The summed E-state index contributed by atoms with van der Waals surface area (Å²) in [5.74, 6) is 0.466. The lowest BCUT2D eigenvalue weighted by atomic mass is 9.88. The molecule has 0 bridgehead atoms. The van der Waals surface area contributed by atoms with E-state index < -0.39 is 10.0 Å². The van der Waals surface area contributed by atoms with Gasteiger partial charge in [0.2, 0.25) is 10.0 Å². The fourth-order valence-electron chi connectivity index (χ4n) is 4.69. The number of sulfonamides is 1. The number of piperidine rings is 1. The van der Waals surface area contributed by atoms with Crippen LogP contribution in [0.3, 0.4) is 0 Å². The van der Waals surface area contributed by atoms with Crippen LogP contribution in [-0.4, -0.2) is 39.8 Å². The fourth-order valence-corrected chi connectivity index (χ4v) is 5.32. The maximum absolute atomic E-state index is 11.9. The summed E-state index contributed by atoms with van der Waals surface area (Å²) >= 11 is 0. The molecule has 0 atom stereocenters. The highest BCUT2D eigenvalue weighted by molar-refractivity contribution is 7.92. The normalized spacial score (nSPS) is 14.9. The van der Waals surface area contributed by atoms with Crippen molar-refractivity contribution >= 4 is 21.4 Å². The molecule has 2 N–H and O–H groups in total. The van der Waals surface area contributed by atoms with Crippen LogP contribution in [0.1, 0.15) is 43.2 Å². The van der Waals surface area contributed by atoms with E-state index in [4.69, 9.17) is 0 Å². The molecule has 0 aliphatic carbocycles. The number of nitrogens with zero attached hydrogens (tertiary/aromatic N) is 1. The third-order valence-corrected chi connectivity index (χ3v) is 7.94. The van der Waals surface area contributed by atoms with Crippen LogP contribution in [0.5, 0.6) is 0 Å². The first-order chi connectivity index (χ1) is 16.5. The van der Waals surface area contributed by atoms with E-state index in [9.17, 15) is 8.42 Å². The van der Waals surface area contributed by atoms with Crippen LogP contribution in [0.4, 0.5) is 11.4 Å². The molecule has 4 rings (SSSR count). The molecule has 0 spiro atoms. The SMILES string of the molecule is CCS(=O)(=O)Nc1cccc(N2CCC(NCCC(c3ccccc3)c3ccccc3)CC2)c1. The monoisotopic (exact) mass is 477 g/mol. The van der Waals surface area contributed by atoms with Crippen molar-refractivity contribution in [1.82, 2.24) is 5.32 Å². The molecule has 6 heteroatoms. The Bertz CT molecular complexity index is 1090. The number of hydrogen-bond acceptors (Lipinski definition) is 4. The summed E-state index contributed by atoms with van der Waals surface area (Å²) in [5.41, 5.74) is 4.43. The fraction of sp³-hybridized carbons (Fsp3) is 0.357. The van der Waals surface area contributed by atoms with Gasteiger partial charge in [0.15, 0.2) is 0 Å². The first-order valence-corrected chi connectivity index (χ1v) is 13.9. The zero-order valence-electron chi connectivity index (χ0n) is 19.9. The summed E-state index contributed by atoms with van der Waals surface area (Å²) in [4.78, 5) is 2.35. The van der Waals surface area contributed by atoms with Gasteiger partial charge in [-0.15, -0.1) is 0 Å². The first-order valence-electron chi connectivity index (χ1n) is 12.2. The van der Waals surface area contributed by atoms with Gasteiger partial charge < -0.3 is 10.2 Å². The molecule has 1 aliphatic heterocycles. The van der Waals surface area contributed by atoms with E-state index in [0.717, 1.165) is 44.6 Å². The van der Waals surface area contributed by atoms with Crippen molar-refractivity contribution in [2.75, 3.05) is 35.0 Å². The maximum atomic E-state index is 11.9. The van der Waals surface area contributed by atoms with E-state index in [1.165, 1.54) is 11.1 Å². The predicted molar refractivity (Wildman–Crippen MR) is 142 cm³/mol. The molecule has 1 aliphatic rings. The molecule has 3 aromatic rings. The van der Waals surface area contributed by atoms with E-state index in [0.29, 0.717) is 17.6 Å². The van der Waals surface area contributed by atoms with Crippen molar-refractivity contribution in [3.05, 3.63) is 96.1 Å². The highest BCUT2D eigenvalue weighted by Crippen LogP contribution is 2.28. The molecule has 1 saturated heterocycles. The zero-order valence-corrected chi connectivity index (χ0v) is 20.7. The van der Waals surface area contributed by atoms with Crippen LogP contribution < -0.4 is 14.9 Å². The molecule has 180 valence electrons. The summed E-state index contributed by atoms with van der Waals surface area (Å²) < 4.78 is 26.4. The lowest BCUT2D eigenvalue weighted by molar-refractivity contribution is 0.409. The minimum absolute atomic E-state index is 0.0731. The van der Waals surface area contributed by atoms with Gasteiger partial charge in [-0.2, -0.15) is 0 Å². The Morgan fingerprint density at radius 3 is 2.09 bits per heavy atom. The van der Waals surface area contributed by atoms with Crippen molar-refractivity contribution in [3.63, 3.8) is 0 Å². The average molecular weight is 478 g/mol. The third-order valence-electron chi connectivity index (χ3n) is 6.63. The highest BCUT2D eigenvalue weighted by atomic mass is 32.2. The van der Waals surface area contributed by atoms with Gasteiger partial charge in [0, 0.05) is 30.7 Å². The zero-order chi connectivity index (χ0) is 23.8. The lowest BCUT2D eigenvalue weighted by Crippen LogP contribution is -2.43. The Morgan fingerprint density at radius 2 is 1.50 bits per heavy atom. The van der Waals surface area contributed by atoms with E-state index in [1.807, 2.05) is 12.1 Å². The molecule has 3 aromatic carbocycles. The summed E-state index contributed by atoms with van der Waals surface area (Å²) in [5, 5.41) is 3.80. The van der Waals surface area contributed by atoms with Gasteiger partial charge in [0.25, 0.3) is 0 Å². The average Bonchev–Trinajstić information content (AvgIpc) is 2.88. The second-order valence-corrected chi connectivity index (χ2v) is 10.9. The molecule has 5 nitrogen and oxygen atoms in total.